The summed E-state index contributed by atoms with van der Waals surface area (Å²) in [5.41, 5.74) is 1.38. The molecular formula is C21H23NOS. The van der Waals surface area contributed by atoms with Gasteiger partial charge in [-0.25, -0.2) is 0 Å². The van der Waals surface area contributed by atoms with Gasteiger partial charge >= 0.3 is 0 Å². The van der Waals surface area contributed by atoms with E-state index in [1.54, 1.807) is 0 Å². The third-order valence-electron chi connectivity index (χ3n) is 4.31. The summed E-state index contributed by atoms with van der Waals surface area (Å²) >= 11 is 0. The molecule has 2 nitrogen and oxygen atoms in total. The lowest BCUT2D eigenvalue weighted by Crippen LogP contribution is -2.26. The Bertz CT molecular complexity index is 811. The van der Waals surface area contributed by atoms with Gasteiger partial charge in [-0.15, -0.1) is 0 Å². The zero-order chi connectivity index (χ0) is 16.8. The molecule has 0 bridgehead atoms. The molecule has 0 aromatic heterocycles. The van der Waals surface area contributed by atoms with E-state index in [0.29, 0.717) is 5.75 Å². The van der Waals surface area contributed by atoms with Crippen molar-refractivity contribution in [1.82, 2.24) is 4.90 Å². The van der Waals surface area contributed by atoms with Gasteiger partial charge in [0.2, 0.25) is 0 Å². The molecule has 1 atom stereocenters. The number of likely N-dealkylation sites (N-methyl/N-ethyl adjacent to an activating group) is 1. The number of hydrogen-bond donors (Lipinski definition) is 0. The Kier molecular flexibility index (Phi) is 5.78. The molecule has 0 aliphatic heterocycles. The van der Waals surface area contributed by atoms with Crippen molar-refractivity contribution in [3.05, 3.63) is 78.4 Å². The first-order valence-electron chi connectivity index (χ1n) is 8.32. The van der Waals surface area contributed by atoms with Gasteiger partial charge in [0.1, 0.15) is 0 Å². The van der Waals surface area contributed by atoms with E-state index in [4.69, 9.17) is 0 Å². The average molecular weight is 337 g/mol. The minimum absolute atomic E-state index is 0.677. The van der Waals surface area contributed by atoms with E-state index >= 15 is 0 Å². The van der Waals surface area contributed by atoms with Gasteiger partial charge in [0.25, 0.3) is 0 Å². The first-order valence-corrected chi connectivity index (χ1v) is 9.64. The topological polar surface area (TPSA) is 20.3 Å². The van der Waals surface area contributed by atoms with Crippen LogP contribution in [0.1, 0.15) is 5.56 Å². The maximum Gasteiger partial charge on any atom is 0.0542 e. The zero-order valence-corrected chi connectivity index (χ0v) is 14.8. The summed E-state index contributed by atoms with van der Waals surface area (Å²) in [7, 11) is 1.19. The first kappa shape index (κ1) is 16.9. The maximum absolute atomic E-state index is 12.3. The van der Waals surface area contributed by atoms with Crippen LogP contribution in [-0.2, 0) is 17.2 Å². The van der Waals surface area contributed by atoms with Gasteiger partial charge < -0.3 is 4.90 Å². The molecule has 0 saturated heterocycles. The molecule has 0 amide bonds. The molecule has 0 saturated carbocycles. The van der Waals surface area contributed by atoms with E-state index in [1.807, 2.05) is 30.3 Å². The van der Waals surface area contributed by atoms with Crippen LogP contribution in [0, 0.1) is 0 Å². The van der Waals surface area contributed by atoms with Gasteiger partial charge in [-0.1, -0.05) is 60.7 Å². The molecule has 124 valence electrons. The molecule has 3 rings (SSSR count). The van der Waals surface area contributed by atoms with Crippen molar-refractivity contribution < 1.29 is 4.21 Å². The third-order valence-corrected chi connectivity index (χ3v) is 5.66. The Balaban J connectivity index is 1.54. The van der Waals surface area contributed by atoms with Crippen molar-refractivity contribution in [1.29, 1.82) is 0 Å². The average Bonchev–Trinajstić information content (AvgIpc) is 2.65. The monoisotopic (exact) mass is 337 g/mol. The van der Waals surface area contributed by atoms with Crippen LogP contribution in [-0.4, -0.2) is 35.0 Å². The summed E-state index contributed by atoms with van der Waals surface area (Å²) < 4.78 is 12.3. The zero-order valence-electron chi connectivity index (χ0n) is 14.0. The largest absolute Gasteiger partial charge is 0.305 e. The summed E-state index contributed by atoms with van der Waals surface area (Å²) in [6, 6.07) is 24.7. The van der Waals surface area contributed by atoms with Crippen LogP contribution < -0.4 is 0 Å². The van der Waals surface area contributed by atoms with Crippen LogP contribution in [0.25, 0.3) is 10.8 Å². The summed E-state index contributed by atoms with van der Waals surface area (Å²) in [5.74, 6) is 0.677. The molecule has 0 radical (unpaired) electrons. The molecule has 0 heterocycles. The first-order chi connectivity index (χ1) is 11.7. The molecule has 3 aromatic rings. The predicted octanol–water partition coefficient (Wildman–Crippen LogP) is 4.12. The van der Waals surface area contributed by atoms with Crippen LogP contribution in [0.4, 0.5) is 0 Å². The van der Waals surface area contributed by atoms with Gasteiger partial charge in [-0.05, 0) is 41.9 Å². The fourth-order valence-electron chi connectivity index (χ4n) is 2.86. The number of rotatable bonds is 7. The Labute approximate surface area is 146 Å². The summed E-state index contributed by atoms with van der Waals surface area (Å²) in [6.45, 7) is 1.81. The van der Waals surface area contributed by atoms with Gasteiger partial charge in [0, 0.05) is 23.7 Å². The second kappa shape index (κ2) is 8.22. The standard InChI is InChI=1S/C21H23NOS/c1-22(16-17-24(23)20-11-3-2-4-12-20)15-14-19-10-7-9-18-8-5-6-13-21(18)19/h2-13H,14-17H2,1H3. The minimum Gasteiger partial charge on any atom is -0.305 e. The summed E-state index contributed by atoms with van der Waals surface area (Å²) in [6.07, 6.45) is 1.01. The Morgan fingerprint density at radius 3 is 2.38 bits per heavy atom. The molecule has 1 unspecified atom stereocenters. The van der Waals surface area contributed by atoms with Crippen LogP contribution in [0.5, 0.6) is 0 Å². The van der Waals surface area contributed by atoms with Crippen LogP contribution in [0.15, 0.2) is 77.7 Å². The van der Waals surface area contributed by atoms with Gasteiger partial charge in [0.05, 0.1) is 10.8 Å². The van der Waals surface area contributed by atoms with E-state index in [0.717, 1.165) is 24.4 Å². The molecule has 0 fully saturated rings. The molecule has 24 heavy (non-hydrogen) atoms. The molecule has 0 spiro atoms. The normalized spacial score (nSPS) is 12.6. The number of nitrogens with zero attached hydrogens (tertiary/aromatic N) is 1. The van der Waals surface area contributed by atoms with Crippen molar-refractivity contribution in [2.24, 2.45) is 0 Å². The van der Waals surface area contributed by atoms with Crippen LogP contribution in [0.3, 0.4) is 0 Å². The lowest BCUT2D eigenvalue weighted by molar-refractivity contribution is 0.360. The molecular weight excluding hydrogens is 314 g/mol. The fraction of sp³-hybridized carbons (Fsp3) is 0.238. The molecule has 0 aliphatic carbocycles. The lowest BCUT2D eigenvalue weighted by atomic mass is 10.0. The number of hydrogen-bond acceptors (Lipinski definition) is 2. The summed E-state index contributed by atoms with van der Waals surface area (Å²) in [4.78, 5) is 3.18. The van der Waals surface area contributed by atoms with E-state index in [2.05, 4.69) is 54.4 Å². The van der Waals surface area contributed by atoms with Crippen molar-refractivity contribution in [3.63, 3.8) is 0 Å². The number of benzene rings is 3. The molecule has 3 aromatic carbocycles. The highest BCUT2D eigenvalue weighted by atomic mass is 32.2. The second-order valence-electron chi connectivity index (χ2n) is 6.05. The van der Waals surface area contributed by atoms with E-state index < -0.39 is 10.8 Å². The van der Waals surface area contributed by atoms with Gasteiger partial charge in [-0.3, -0.25) is 4.21 Å². The fourth-order valence-corrected chi connectivity index (χ4v) is 4.04. The SMILES string of the molecule is CN(CCc1cccc2ccccc12)CCS(=O)c1ccccc1. The van der Waals surface area contributed by atoms with E-state index in [9.17, 15) is 4.21 Å². The molecule has 3 heteroatoms. The highest BCUT2D eigenvalue weighted by molar-refractivity contribution is 7.85. The third kappa shape index (κ3) is 4.31. The second-order valence-corrected chi connectivity index (χ2v) is 7.62. The maximum atomic E-state index is 12.3. The quantitative estimate of drug-likeness (QED) is 0.646. The lowest BCUT2D eigenvalue weighted by Gasteiger charge is -2.17. The Hall–Kier alpha value is -1.97. The highest BCUT2D eigenvalue weighted by Gasteiger charge is 2.07. The molecule has 0 aliphatic rings. The number of fused-ring (bicyclic) bond motifs is 1. The van der Waals surface area contributed by atoms with E-state index in [-0.39, 0.29) is 0 Å². The summed E-state index contributed by atoms with van der Waals surface area (Å²) in [5, 5.41) is 2.63. The van der Waals surface area contributed by atoms with E-state index in [1.165, 1.54) is 16.3 Å². The van der Waals surface area contributed by atoms with Crippen molar-refractivity contribution in [3.8, 4) is 0 Å². The molecule has 0 N–H and O–H groups in total. The minimum atomic E-state index is -0.916. The van der Waals surface area contributed by atoms with Gasteiger partial charge in [0.15, 0.2) is 0 Å². The predicted molar refractivity (Wildman–Crippen MR) is 103 cm³/mol. The Morgan fingerprint density at radius 1 is 0.833 bits per heavy atom. The van der Waals surface area contributed by atoms with Crippen molar-refractivity contribution in [2.75, 3.05) is 25.9 Å². The van der Waals surface area contributed by atoms with Crippen molar-refractivity contribution >= 4 is 21.6 Å². The highest BCUT2D eigenvalue weighted by Crippen LogP contribution is 2.19. The Morgan fingerprint density at radius 2 is 1.54 bits per heavy atom. The van der Waals surface area contributed by atoms with Crippen molar-refractivity contribution in [2.45, 2.75) is 11.3 Å². The smallest absolute Gasteiger partial charge is 0.0542 e. The van der Waals surface area contributed by atoms with Crippen LogP contribution in [0.2, 0.25) is 0 Å². The van der Waals surface area contributed by atoms with Gasteiger partial charge in [-0.2, -0.15) is 0 Å². The van der Waals surface area contributed by atoms with Crippen LogP contribution >= 0.6 is 0 Å².